The van der Waals surface area contributed by atoms with E-state index in [1.807, 2.05) is 13.8 Å². The van der Waals surface area contributed by atoms with Gasteiger partial charge in [0.15, 0.2) is 5.79 Å². The van der Waals surface area contributed by atoms with E-state index in [2.05, 4.69) is 6.92 Å². The summed E-state index contributed by atoms with van der Waals surface area (Å²) < 4.78 is 11.8. The predicted molar refractivity (Wildman–Crippen MR) is 72.8 cm³/mol. The molecule has 0 saturated carbocycles. The largest absolute Gasteiger partial charge is 0.481 e. The molecule has 1 saturated heterocycles. The zero-order valence-electron chi connectivity index (χ0n) is 12.3. The lowest BCUT2D eigenvalue weighted by atomic mass is 9.84. The molecule has 3 N–H and O–H groups in total. The smallest absolute Gasteiger partial charge is 0.306 e. The molecular weight excluding hydrogens is 246 g/mol. The number of hydrogen-bond donors (Lipinski definition) is 2. The Hall–Kier alpha value is -0.650. The summed E-state index contributed by atoms with van der Waals surface area (Å²) in [5.41, 5.74) is 4.98. The van der Waals surface area contributed by atoms with Crippen LogP contribution in [0.5, 0.6) is 0 Å². The first-order valence-corrected chi connectivity index (χ1v) is 7.12. The highest BCUT2D eigenvalue weighted by Gasteiger charge is 2.46. The third-order valence-electron chi connectivity index (χ3n) is 3.46. The Labute approximate surface area is 115 Å². The van der Waals surface area contributed by atoms with E-state index < -0.39 is 17.4 Å². The van der Waals surface area contributed by atoms with Gasteiger partial charge in [-0.15, -0.1) is 0 Å². The number of unbranched alkanes of at least 4 members (excludes halogenated alkanes) is 1. The normalized spacial score (nSPS) is 30.2. The number of aliphatic carboxylic acids is 1. The van der Waals surface area contributed by atoms with Crippen LogP contribution in [-0.2, 0) is 14.3 Å². The molecule has 19 heavy (non-hydrogen) atoms. The Kier molecular flexibility index (Phi) is 5.77. The van der Waals surface area contributed by atoms with Gasteiger partial charge in [-0.2, -0.15) is 0 Å². The van der Waals surface area contributed by atoms with E-state index in [0.29, 0.717) is 13.0 Å². The van der Waals surface area contributed by atoms with E-state index >= 15 is 0 Å². The van der Waals surface area contributed by atoms with E-state index in [9.17, 15) is 9.90 Å². The topological polar surface area (TPSA) is 81.8 Å². The summed E-state index contributed by atoms with van der Waals surface area (Å²) in [6.45, 7) is 6.32. The lowest BCUT2D eigenvalue weighted by Gasteiger charge is -2.48. The number of ether oxygens (including phenoxy) is 2. The molecule has 0 amide bonds. The van der Waals surface area contributed by atoms with E-state index in [0.717, 1.165) is 25.7 Å². The molecule has 1 aliphatic rings. The lowest BCUT2D eigenvalue weighted by molar-refractivity contribution is -0.336. The summed E-state index contributed by atoms with van der Waals surface area (Å²) in [4.78, 5) is 11.2. The molecule has 1 heterocycles. The van der Waals surface area contributed by atoms with Crippen LogP contribution in [0.4, 0.5) is 0 Å². The second kappa shape index (κ2) is 6.68. The van der Waals surface area contributed by atoms with Gasteiger partial charge in [0, 0.05) is 6.42 Å². The van der Waals surface area contributed by atoms with Gasteiger partial charge in [0.2, 0.25) is 0 Å². The summed E-state index contributed by atoms with van der Waals surface area (Å²) in [6.07, 6.45) is 4.08. The number of hydrogen-bond acceptors (Lipinski definition) is 4. The summed E-state index contributed by atoms with van der Waals surface area (Å²) in [6, 6.07) is 0. The number of carboxylic acids is 1. The molecule has 1 rings (SSSR count). The first-order valence-electron chi connectivity index (χ1n) is 7.12. The highest BCUT2D eigenvalue weighted by Crippen LogP contribution is 2.40. The van der Waals surface area contributed by atoms with Crippen molar-refractivity contribution in [2.75, 3.05) is 6.54 Å². The molecular formula is C14H27NO4. The average molecular weight is 273 g/mol. The number of carbonyl (C=O) groups is 1. The van der Waals surface area contributed by atoms with Crippen LogP contribution in [-0.4, -0.2) is 35.1 Å². The highest BCUT2D eigenvalue weighted by atomic mass is 16.7. The molecule has 0 bridgehead atoms. The maximum Gasteiger partial charge on any atom is 0.306 e. The molecule has 0 radical (unpaired) electrons. The van der Waals surface area contributed by atoms with E-state index in [-0.39, 0.29) is 12.5 Å². The van der Waals surface area contributed by atoms with Crippen LogP contribution in [0.2, 0.25) is 0 Å². The van der Waals surface area contributed by atoms with E-state index in [1.165, 1.54) is 0 Å². The minimum atomic E-state index is -0.819. The Morgan fingerprint density at radius 2 is 2.16 bits per heavy atom. The van der Waals surface area contributed by atoms with Crippen LogP contribution in [0.3, 0.4) is 0 Å². The predicted octanol–water partition coefficient (Wildman–Crippen LogP) is 2.28. The van der Waals surface area contributed by atoms with Crippen molar-refractivity contribution in [1.29, 1.82) is 0 Å². The first-order chi connectivity index (χ1) is 8.82. The van der Waals surface area contributed by atoms with Gasteiger partial charge in [-0.1, -0.05) is 19.8 Å². The Bertz CT molecular complexity index is 306. The SMILES string of the molecule is CCCC[C@]1(CC(=O)O)C[C@@H](CCN)OC(C)(C)O1. The first kappa shape index (κ1) is 16.4. The number of carboxylic acid groups (broad SMARTS) is 1. The third-order valence-corrected chi connectivity index (χ3v) is 3.46. The maximum absolute atomic E-state index is 11.2. The molecule has 0 aromatic heterocycles. The van der Waals surface area contributed by atoms with Crippen molar-refractivity contribution >= 4 is 5.97 Å². The zero-order valence-corrected chi connectivity index (χ0v) is 12.3. The maximum atomic E-state index is 11.2. The van der Waals surface area contributed by atoms with Crippen LogP contribution >= 0.6 is 0 Å². The molecule has 0 spiro atoms. The second-order valence-corrected chi connectivity index (χ2v) is 5.88. The fourth-order valence-corrected chi connectivity index (χ4v) is 2.92. The van der Waals surface area contributed by atoms with Crippen molar-refractivity contribution in [2.24, 2.45) is 5.73 Å². The van der Waals surface area contributed by atoms with Crippen molar-refractivity contribution in [2.45, 2.75) is 76.8 Å². The second-order valence-electron chi connectivity index (χ2n) is 5.88. The van der Waals surface area contributed by atoms with Crippen molar-refractivity contribution in [3.05, 3.63) is 0 Å². The van der Waals surface area contributed by atoms with Crippen molar-refractivity contribution in [3.63, 3.8) is 0 Å². The number of nitrogens with two attached hydrogens (primary N) is 1. The van der Waals surface area contributed by atoms with Crippen molar-refractivity contribution < 1.29 is 19.4 Å². The minimum absolute atomic E-state index is 0.0232. The van der Waals surface area contributed by atoms with Gasteiger partial charge in [0.25, 0.3) is 0 Å². The lowest BCUT2D eigenvalue weighted by Crippen LogP contribution is -2.53. The van der Waals surface area contributed by atoms with Crippen LogP contribution in [0.25, 0.3) is 0 Å². The fraction of sp³-hybridized carbons (Fsp3) is 0.929. The Morgan fingerprint density at radius 3 is 2.68 bits per heavy atom. The van der Waals surface area contributed by atoms with Gasteiger partial charge in [-0.05, 0) is 33.2 Å². The fourth-order valence-electron chi connectivity index (χ4n) is 2.92. The van der Waals surface area contributed by atoms with Crippen LogP contribution in [0.1, 0.15) is 59.3 Å². The molecule has 1 fully saturated rings. The quantitative estimate of drug-likeness (QED) is 0.743. The molecule has 112 valence electrons. The summed E-state index contributed by atoms with van der Waals surface area (Å²) in [5, 5.41) is 9.17. The van der Waals surface area contributed by atoms with Gasteiger partial charge in [0.05, 0.1) is 18.1 Å². The van der Waals surface area contributed by atoms with Gasteiger partial charge in [0.1, 0.15) is 0 Å². The summed E-state index contributed by atoms with van der Waals surface area (Å²) in [7, 11) is 0. The molecule has 0 aromatic rings. The Morgan fingerprint density at radius 1 is 1.47 bits per heavy atom. The van der Waals surface area contributed by atoms with Crippen molar-refractivity contribution in [3.8, 4) is 0 Å². The molecule has 5 nitrogen and oxygen atoms in total. The molecule has 0 unspecified atom stereocenters. The molecule has 2 atom stereocenters. The zero-order chi connectivity index (χ0) is 14.5. The van der Waals surface area contributed by atoms with Gasteiger partial charge in [-0.25, -0.2) is 0 Å². The molecule has 0 aliphatic carbocycles. The minimum Gasteiger partial charge on any atom is -0.481 e. The third kappa shape index (κ3) is 5.09. The summed E-state index contributed by atoms with van der Waals surface area (Å²) in [5.74, 6) is -1.57. The van der Waals surface area contributed by atoms with Crippen LogP contribution in [0, 0.1) is 0 Å². The van der Waals surface area contributed by atoms with Crippen LogP contribution in [0.15, 0.2) is 0 Å². The molecule has 0 aromatic carbocycles. The monoisotopic (exact) mass is 273 g/mol. The van der Waals surface area contributed by atoms with E-state index in [4.69, 9.17) is 15.2 Å². The van der Waals surface area contributed by atoms with Gasteiger partial charge >= 0.3 is 5.97 Å². The molecule has 5 heteroatoms. The highest BCUT2D eigenvalue weighted by molar-refractivity contribution is 5.68. The van der Waals surface area contributed by atoms with Crippen molar-refractivity contribution in [1.82, 2.24) is 0 Å². The summed E-state index contributed by atoms with van der Waals surface area (Å²) >= 11 is 0. The molecule has 1 aliphatic heterocycles. The van der Waals surface area contributed by atoms with Gasteiger partial charge in [-0.3, -0.25) is 4.79 Å². The standard InChI is InChI=1S/C14H27NO4/c1-4-5-7-14(10-12(16)17)9-11(6-8-15)18-13(2,3)19-14/h11H,4-10,15H2,1-3H3,(H,16,17)/t11-,14-/m1/s1. The average Bonchev–Trinajstić information content (AvgIpc) is 2.23. The number of rotatable bonds is 7. The van der Waals surface area contributed by atoms with E-state index in [1.54, 1.807) is 0 Å². The van der Waals surface area contributed by atoms with Crippen LogP contribution < -0.4 is 5.73 Å². The van der Waals surface area contributed by atoms with Gasteiger partial charge < -0.3 is 20.3 Å². The Balaban J connectivity index is 2.88.